The highest BCUT2D eigenvalue weighted by atomic mass is 16.5. The molecule has 2 fully saturated rings. The van der Waals surface area contributed by atoms with E-state index < -0.39 is 6.09 Å². The zero-order valence-corrected chi connectivity index (χ0v) is 19.8. The van der Waals surface area contributed by atoms with Gasteiger partial charge in [0.15, 0.2) is 17.6 Å². The van der Waals surface area contributed by atoms with Crippen molar-refractivity contribution in [2.24, 2.45) is 5.41 Å². The molecule has 2 N–H and O–H groups in total. The van der Waals surface area contributed by atoms with Crippen LogP contribution in [0.5, 0.6) is 0 Å². The van der Waals surface area contributed by atoms with E-state index in [4.69, 9.17) is 14.8 Å². The van der Waals surface area contributed by atoms with E-state index in [1.807, 2.05) is 18.2 Å². The number of hydrogen-bond acceptors (Lipinski definition) is 7. The number of aromatic nitrogens is 4. The summed E-state index contributed by atoms with van der Waals surface area (Å²) in [6.07, 6.45) is 4.92. The number of hydrogen-bond donors (Lipinski definition) is 2. The van der Waals surface area contributed by atoms with Crippen molar-refractivity contribution in [3.8, 4) is 0 Å². The standard InChI is InChI=1S/C25H30N6O4/c1-25(16-27-24(33)34)10-12-30(13-11-25)18-15-26-21-20(22(32)17-7-3-2-4-8-17)29-31(23(21)28-18)19-9-5-6-14-35-19/h2-4,7-8,15,19,27H,5-6,9-14,16H2,1H3,(H,33,34). The summed E-state index contributed by atoms with van der Waals surface area (Å²) < 4.78 is 7.71. The molecule has 2 aliphatic heterocycles. The summed E-state index contributed by atoms with van der Waals surface area (Å²) in [5.74, 6) is 0.535. The third kappa shape index (κ3) is 4.84. The highest BCUT2D eigenvalue weighted by molar-refractivity contribution is 6.13. The monoisotopic (exact) mass is 478 g/mol. The third-order valence-corrected chi connectivity index (χ3v) is 7.03. The summed E-state index contributed by atoms with van der Waals surface area (Å²) in [7, 11) is 0. The molecule has 0 spiro atoms. The Morgan fingerprint density at radius 2 is 1.97 bits per heavy atom. The van der Waals surface area contributed by atoms with Crippen molar-refractivity contribution < 1.29 is 19.4 Å². The van der Waals surface area contributed by atoms with Gasteiger partial charge in [0.2, 0.25) is 5.78 Å². The molecular weight excluding hydrogens is 448 g/mol. The number of ether oxygens (including phenoxy) is 1. The number of carbonyl (C=O) groups is 2. The van der Waals surface area contributed by atoms with Crippen LogP contribution < -0.4 is 10.2 Å². The summed E-state index contributed by atoms with van der Waals surface area (Å²) in [6, 6.07) is 9.08. The van der Waals surface area contributed by atoms with Crippen LogP contribution in [-0.2, 0) is 4.74 Å². The molecule has 0 bridgehead atoms. The molecule has 184 valence electrons. The molecule has 1 atom stereocenters. The quantitative estimate of drug-likeness (QED) is 0.515. The molecule has 5 rings (SSSR count). The van der Waals surface area contributed by atoms with E-state index in [2.05, 4.69) is 27.2 Å². The van der Waals surface area contributed by atoms with Gasteiger partial charge in [-0.05, 0) is 37.5 Å². The minimum Gasteiger partial charge on any atom is -0.465 e. The third-order valence-electron chi connectivity index (χ3n) is 7.03. The van der Waals surface area contributed by atoms with Gasteiger partial charge < -0.3 is 20.1 Å². The van der Waals surface area contributed by atoms with Gasteiger partial charge >= 0.3 is 6.09 Å². The Balaban J connectivity index is 1.45. The summed E-state index contributed by atoms with van der Waals surface area (Å²) >= 11 is 0. The number of nitrogens with zero attached hydrogens (tertiary/aromatic N) is 5. The number of carboxylic acid groups (broad SMARTS) is 1. The molecular formula is C25H30N6O4. The second-order valence-corrected chi connectivity index (χ2v) is 9.67. The highest BCUT2D eigenvalue weighted by Gasteiger charge is 2.32. The van der Waals surface area contributed by atoms with E-state index >= 15 is 0 Å². The molecule has 2 saturated heterocycles. The zero-order chi connectivity index (χ0) is 24.4. The molecule has 10 nitrogen and oxygen atoms in total. The van der Waals surface area contributed by atoms with Crippen molar-refractivity contribution in [2.75, 3.05) is 31.1 Å². The normalized spacial score (nSPS) is 20.0. The predicted octanol–water partition coefficient (Wildman–Crippen LogP) is 3.63. The number of ketones is 1. The number of piperidine rings is 1. The molecule has 0 saturated carbocycles. The van der Waals surface area contributed by atoms with E-state index in [0.717, 1.165) is 51.0 Å². The lowest BCUT2D eigenvalue weighted by atomic mass is 9.80. The van der Waals surface area contributed by atoms with Crippen molar-refractivity contribution in [2.45, 2.75) is 45.3 Å². The number of amides is 1. The number of anilines is 1. The second kappa shape index (κ2) is 9.61. The Morgan fingerprint density at radius 3 is 2.66 bits per heavy atom. The smallest absolute Gasteiger partial charge is 0.404 e. The maximum atomic E-state index is 13.3. The molecule has 2 aliphatic rings. The largest absolute Gasteiger partial charge is 0.465 e. The second-order valence-electron chi connectivity index (χ2n) is 9.67. The average Bonchev–Trinajstić information content (AvgIpc) is 3.27. The molecule has 1 unspecified atom stereocenters. The molecule has 4 heterocycles. The van der Waals surface area contributed by atoms with Crippen LogP contribution >= 0.6 is 0 Å². The lowest BCUT2D eigenvalue weighted by Gasteiger charge is -2.39. The van der Waals surface area contributed by atoms with Crippen molar-refractivity contribution in [3.63, 3.8) is 0 Å². The van der Waals surface area contributed by atoms with Gasteiger partial charge in [-0.15, -0.1) is 0 Å². The minimum atomic E-state index is -0.996. The van der Waals surface area contributed by atoms with E-state index in [1.165, 1.54) is 0 Å². The summed E-state index contributed by atoms with van der Waals surface area (Å²) in [6.45, 7) is 4.66. The van der Waals surface area contributed by atoms with Crippen LogP contribution in [0.3, 0.4) is 0 Å². The molecule has 2 aromatic heterocycles. The van der Waals surface area contributed by atoms with Gasteiger partial charge in [0.05, 0.1) is 6.20 Å². The molecule has 0 radical (unpaired) electrons. The van der Waals surface area contributed by atoms with Crippen LogP contribution in [0.1, 0.15) is 61.3 Å². The predicted molar refractivity (Wildman–Crippen MR) is 130 cm³/mol. The molecule has 1 aromatic carbocycles. The fraction of sp³-hybridized carbons (Fsp3) is 0.480. The van der Waals surface area contributed by atoms with Gasteiger partial charge in [-0.3, -0.25) is 4.79 Å². The Labute approximate surface area is 203 Å². The fourth-order valence-corrected chi connectivity index (χ4v) is 4.79. The maximum Gasteiger partial charge on any atom is 0.404 e. The van der Waals surface area contributed by atoms with E-state index in [1.54, 1.807) is 23.0 Å². The first-order valence-electron chi connectivity index (χ1n) is 12.1. The van der Waals surface area contributed by atoms with Gasteiger partial charge in [0.25, 0.3) is 0 Å². The van der Waals surface area contributed by atoms with Gasteiger partial charge in [-0.25, -0.2) is 19.4 Å². The minimum absolute atomic E-state index is 0.0978. The van der Waals surface area contributed by atoms with Gasteiger partial charge in [0.1, 0.15) is 11.3 Å². The Morgan fingerprint density at radius 1 is 1.20 bits per heavy atom. The van der Waals surface area contributed by atoms with Crippen molar-refractivity contribution in [1.29, 1.82) is 0 Å². The van der Waals surface area contributed by atoms with E-state index in [9.17, 15) is 9.59 Å². The first-order valence-corrected chi connectivity index (χ1v) is 12.1. The number of rotatable bonds is 6. The number of benzene rings is 1. The Bertz CT molecular complexity index is 1210. The van der Waals surface area contributed by atoms with Crippen molar-refractivity contribution in [1.82, 2.24) is 25.1 Å². The van der Waals surface area contributed by atoms with E-state index in [0.29, 0.717) is 29.9 Å². The molecule has 1 amide bonds. The number of nitrogens with one attached hydrogen (secondary N) is 1. The number of fused-ring (bicyclic) bond motifs is 1. The van der Waals surface area contributed by atoms with Crippen molar-refractivity contribution in [3.05, 3.63) is 47.8 Å². The first-order chi connectivity index (χ1) is 16.9. The summed E-state index contributed by atoms with van der Waals surface area (Å²) in [5, 5.41) is 16.1. The molecule has 3 aromatic rings. The van der Waals surface area contributed by atoms with E-state index in [-0.39, 0.29) is 23.1 Å². The molecule has 35 heavy (non-hydrogen) atoms. The van der Waals surface area contributed by atoms with Crippen LogP contribution in [-0.4, -0.2) is 63.0 Å². The van der Waals surface area contributed by atoms with Gasteiger partial charge in [0, 0.05) is 31.8 Å². The highest BCUT2D eigenvalue weighted by Crippen LogP contribution is 2.33. The SMILES string of the molecule is CC1(CNC(=O)O)CCN(c2cnc3c(C(=O)c4ccccc4)nn(C4CCCCO4)c3n2)CC1. The first kappa shape index (κ1) is 23.2. The van der Waals surface area contributed by atoms with Crippen LogP contribution in [0, 0.1) is 5.41 Å². The zero-order valence-electron chi connectivity index (χ0n) is 19.8. The maximum absolute atomic E-state index is 13.3. The Kier molecular flexibility index (Phi) is 6.38. The van der Waals surface area contributed by atoms with Crippen LogP contribution in [0.2, 0.25) is 0 Å². The number of carbonyl (C=O) groups excluding carboxylic acids is 1. The Hall–Kier alpha value is -3.53. The lowest BCUT2D eigenvalue weighted by Crippen LogP contribution is -2.44. The summed E-state index contributed by atoms with van der Waals surface area (Å²) in [4.78, 5) is 35.9. The molecule has 0 aliphatic carbocycles. The topological polar surface area (TPSA) is 122 Å². The van der Waals surface area contributed by atoms with Crippen LogP contribution in [0.25, 0.3) is 11.2 Å². The van der Waals surface area contributed by atoms with Gasteiger partial charge in [-0.2, -0.15) is 5.10 Å². The fourth-order valence-electron chi connectivity index (χ4n) is 4.79. The van der Waals surface area contributed by atoms with Gasteiger partial charge in [-0.1, -0.05) is 37.3 Å². The summed E-state index contributed by atoms with van der Waals surface area (Å²) in [5.41, 5.74) is 1.77. The molecule has 10 heteroatoms. The average molecular weight is 479 g/mol. The van der Waals surface area contributed by atoms with Crippen LogP contribution in [0.15, 0.2) is 36.5 Å². The van der Waals surface area contributed by atoms with Crippen LogP contribution in [0.4, 0.5) is 10.6 Å². The lowest BCUT2D eigenvalue weighted by molar-refractivity contribution is -0.0371. The van der Waals surface area contributed by atoms with Crippen molar-refractivity contribution >= 4 is 28.9 Å².